The summed E-state index contributed by atoms with van der Waals surface area (Å²) < 4.78 is 45.0. The minimum absolute atomic E-state index is 0.101. The number of nitrogens with one attached hydrogen (secondary N) is 1. The summed E-state index contributed by atoms with van der Waals surface area (Å²) in [5.74, 6) is -4.05. The number of hydrogen-bond acceptors (Lipinski definition) is 22. The van der Waals surface area contributed by atoms with Crippen molar-refractivity contribution in [1.82, 2.24) is 5.32 Å². The predicted molar refractivity (Wildman–Crippen MR) is 169 cm³/mol. The molecule has 0 spiro atoms. The number of carbonyl (C=O) groups is 2. The van der Waals surface area contributed by atoms with Gasteiger partial charge in [-0.3, -0.25) is 9.59 Å². The van der Waals surface area contributed by atoms with E-state index in [1.807, 2.05) is 0 Å². The number of rotatable bonds is 15. The second-order valence-electron chi connectivity index (χ2n) is 13.9. The van der Waals surface area contributed by atoms with Crippen molar-refractivity contribution in [3.8, 4) is 0 Å². The maximum Gasteiger partial charge on any atom is 0.332 e. The molecule has 10 unspecified atom stereocenters. The Balaban J connectivity index is 1.52. The van der Waals surface area contributed by atoms with E-state index in [9.17, 15) is 70.9 Å². The fourth-order valence-electron chi connectivity index (χ4n) is 6.90. The molecule has 13 N–H and O–H groups in total. The predicted octanol–water partition coefficient (Wildman–Crippen LogP) is -8.01. The van der Waals surface area contributed by atoms with Gasteiger partial charge >= 0.3 is 5.97 Å². The van der Waals surface area contributed by atoms with E-state index in [-0.39, 0.29) is 6.47 Å². The van der Waals surface area contributed by atoms with Crippen LogP contribution in [-0.4, -0.2) is 222 Å². The van der Waals surface area contributed by atoms with Crippen molar-refractivity contribution in [2.75, 3.05) is 26.4 Å². The lowest BCUT2D eigenvalue weighted by Crippen LogP contribution is -2.69. The lowest BCUT2D eigenvalue weighted by Gasteiger charge is -2.49. The van der Waals surface area contributed by atoms with Crippen molar-refractivity contribution in [2.45, 2.75) is 149 Å². The van der Waals surface area contributed by atoms with Gasteiger partial charge in [-0.1, -0.05) is 6.92 Å². The summed E-state index contributed by atoms with van der Waals surface area (Å²) in [4.78, 5) is 23.7. The van der Waals surface area contributed by atoms with Crippen LogP contribution in [0, 0.1) is 5.92 Å². The molecule has 0 aromatic carbocycles. The van der Waals surface area contributed by atoms with E-state index in [0.717, 1.165) is 6.92 Å². The standard InChI is InChI=1S/C31H53NO22/c1-10-13(38)4-31(48-9-36,54-26(10)19(40)14(39)5-33)47-8-17-21(42)23(44)25(46)30(51-17)53-28-16(7-35)50-29(18(22(28)43)32-12(3)37)52-27-11(2)49-15(6-34)20(41)24(27)45/h9-11,13-30,33-35,38-46H,4-8H2,1-3H3,(H,32,37)/t10-,11-,13-,14?,15?,16+,17?,18?,19?,20-,21?,22?,23+,24+,25?,26?,27?,28-,29+,30+,31+/m1/s1. The highest BCUT2D eigenvalue weighted by molar-refractivity contribution is 5.73. The quantitative estimate of drug-likeness (QED) is 0.0541. The van der Waals surface area contributed by atoms with Crippen LogP contribution in [0.1, 0.15) is 27.2 Å². The average molecular weight is 792 g/mol. The Hall–Kier alpha value is -1.82. The lowest BCUT2D eigenvalue weighted by molar-refractivity contribution is -0.424. The van der Waals surface area contributed by atoms with Gasteiger partial charge < -0.3 is 104 Å². The molecule has 54 heavy (non-hydrogen) atoms. The smallest absolute Gasteiger partial charge is 0.332 e. The molecule has 0 aromatic rings. The SMILES string of the molecule is CC(=O)NC1C(O)[C@H](O[C@@H]2OC(CO[C@]3(OC=O)C[C@@H](O)[C@@H](C)C(C(O)C(O)CO)O3)C(O)[C@H](O)C2O)[C@H](CO)O[C@H]1OC1[C@@H](O)[C@H](O)C(CO)O[C@@H]1C. The number of aliphatic hydroxyl groups is 12. The highest BCUT2D eigenvalue weighted by atomic mass is 16.9. The molecule has 0 aliphatic carbocycles. The summed E-state index contributed by atoms with van der Waals surface area (Å²) in [5, 5.41) is 128. The molecule has 0 aromatic heterocycles. The third kappa shape index (κ3) is 9.64. The molecular formula is C31H53NO22. The first-order valence-corrected chi connectivity index (χ1v) is 17.4. The fourth-order valence-corrected chi connectivity index (χ4v) is 6.90. The second-order valence-corrected chi connectivity index (χ2v) is 13.9. The van der Waals surface area contributed by atoms with Gasteiger partial charge in [0.15, 0.2) is 12.6 Å². The van der Waals surface area contributed by atoms with Gasteiger partial charge in [0.25, 0.3) is 6.47 Å². The number of hydrogen-bond donors (Lipinski definition) is 13. The summed E-state index contributed by atoms with van der Waals surface area (Å²) in [6, 6.07) is -1.51. The van der Waals surface area contributed by atoms with Crippen LogP contribution in [-0.2, 0) is 47.5 Å². The average Bonchev–Trinajstić information content (AvgIpc) is 3.14. The molecule has 21 atom stereocenters. The first kappa shape index (κ1) is 44.9. The lowest BCUT2D eigenvalue weighted by atomic mass is 9.87. The zero-order valence-electron chi connectivity index (χ0n) is 29.6. The van der Waals surface area contributed by atoms with Gasteiger partial charge in [-0.05, 0) is 6.92 Å². The summed E-state index contributed by atoms with van der Waals surface area (Å²) in [7, 11) is 0. The molecule has 23 heteroatoms. The first-order valence-electron chi connectivity index (χ1n) is 17.4. The van der Waals surface area contributed by atoms with E-state index in [1.54, 1.807) is 0 Å². The maximum absolute atomic E-state index is 12.2. The molecule has 23 nitrogen and oxygen atoms in total. The minimum atomic E-state index is -2.46. The zero-order valence-corrected chi connectivity index (χ0v) is 29.6. The highest BCUT2D eigenvalue weighted by Crippen LogP contribution is 2.38. The third-order valence-electron chi connectivity index (χ3n) is 10.1. The third-order valence-corrected chi connectivity index (χ3v) is 10.1. The highest BCUT2D eigenvalue weighted by Gasteiger charge is 2.55. The van der Waals surface area contributed by atoms with Crippen molar-refractivity contribution < 1.29 is 109 Å². The topological polar surface area (TPSA) is 363 Å². The van der Waals surface area contributed by atoms with Gasteiger partial charge in [0.2, 0.25) is 5.91 Å². The molecular weight excluding hydrogens is 738 g/mol. The van der Waals surface area contributed by atoms with Crippen LogP contribution >= 0.6 is 0 Å². The largest absolute Gasteiger partial charge is 0.410 e. The minimum Gasteiger partial charge on any atom is -0.410 e. The molecule has 1 amide bonds. The van der Waals surface area contributed by atoms with Crippen molar-refractivity contribution in [3.05, 3.63) is 0 Å². The molecule has 4 aliphatic rings. The van der Waals surface area contributed by atoms with Crippen molar-refractivity contribution in [1.29, 1.82) is 0 Å². The molecule has 4 rings (SSSR count). The molecule has 4 aliphatic heterocycles. The Bertz CT molecular complexity index is 1210. The fraction of sp³-hybridized carbons (Fsp3) is 0.935. The Kier molecular flexibility index (Phi) is 15.9. The van der Waals surface area contributed by atoms with Crippen LogP contribution in [0.4, 0.5) is 0 Å². The Morgan fingerprint density at radius 1 is 0.815 bits per heavy atom. The molecule has 314 valence electrons. The molecule has 0 saturated carbocycles. The first-order chi connectivity index (χ1) is 25.4. The Labute approximate surface area is 308 Å². The zero-order chi connectivity index (χ0) is 40.2. The molecule has 0 radical (unpaired) electrons. The van der Waals surface area contributed by atoms with Crippen molar-refractivity contribution in [3.63, 3.8) is 0 Å². The van der Waals surface area contributed by atoms with Crippen LogP contribution in [0.25, 0.3) is 0 Å². The van der Waals surface area contributed by atoms with Gasteiger partial charge in [0.1, 0.15) is 85.4 Å². The summed E-state index contributed by atoms with van der Waals surface area (Å²) in [6.45, 7) is 0.690. The number of amides is 1. The Morgan fingerprint density at radius 2 is 1.43 bits per heavy atom. The molecule has 4 heterocycles. The van der Waals surface area contributed by atoms with Crippen LogP contribution in [0.15, 0.2) is 0 Å². The summed E-state index contributed by atoms with van der Waals surface area (Å²) in [5.41, 5.74) is 0. The van der Waals surface area contributed by atoms with Crippen molar-refractivity contribution in [2.24, 2.45) is 5.92 Å². The van der Waals surface area contributed by atoms with Gasteiger partial charge in [-0.2, -0.15) is 0 Å². The van der Waals surface area contributed by atoms with E-state index in [1.165, 1.54) is 13.8 Å². The second kappa shape index (κ2) is 19.1. The summed E-state index contributed by atoms with van der Waals surface area (Å²) >= 11 is 0. The van der Waals surface area contributed by atoms with E-state index in [2.05, 4.69) is 5.32 Å². The van der Waals surface area contributed by atoms with Crippen molar-refractivity contribution >= 4 is 12.4 Å². The van der Waals surface area contributed by atoms with Gasteiger partial charge in [-0.25, -0.2) is 0 Å². The van der Waals surface area contributed by atoms with E-state index in [4.69, 9.17) is 37.9 Å². The van der Waals surface area contributed by atoms with Crippen LogP contribution < -0.4 is 5.32 Å². The van der Waals surface area contributed by atoms with E-state index >= 15 is 0 Å². The van der Waals surface area contributed by atoms with Gasteiger partial charge in [0, 0.05) is 12.8 Å². The molecule has 4 fully saturated rings. The maximum atomic E-state index is 12.2. The molecule has 4 saturated heterocycles. The number of aliphatic hydroxyl groups excluding tert-OH is 12. The van der Waals surface area contributed by atoms with E-state index in [0.29, 0.717) is 0 Å². The molecule has 0 bridgehead atoms. The van der Waals surface area contributed by atoms with E-state index < -0.39 is 167 Å². The van der Waals surface area contributed by atoms with Crippen LogP contribution in [0.5, 0.6) is 0 Å². The van der Waals surface area contributed by atoms with Gasteiger partial charge in [0.05, 0.1) is 51.2 Å². The summed E-state index contributed by atoms with van der Waals surface area (Å²) in [6.07, 6.45) is -29.8. The van der Waals surface area contributed by atoms with Crippen LogP contribution in [0.3, 0.4) is 0 Å². The van der Waals surface area contributed by atoms with Gasteiger partial charge in [-0.15, -0.1) is 0 Å². The van der Waals surface area contributed by atoms with Crippen LogP contribution in [0.2, 0.25) is 0 Å². The number of ether oxygens (including phenoxy) is 8. The normalized spacial score (nSPS) is 47.0. The number of carbonyl (C=O) groups excluding carboxylic acids is 2. The Morgan fingerprint density at radius 3 is 2.02 bits per heavy atom. The monoisotopic (exact) mass is 791 g/mol.